The van der Waals surface area contributed by atoms with Gasteiger partial charge in [0.2, 0.25) is 11.8 Å². The van der Waals surface area contributed by atoms with Crippen molar-refractivity contribution in [3.05, 3.63) is 65.2 Å². The van der Waals surface area contributed by atoms with Crippen LogP contribution >= 0.6 is 11.8 Å². The van der Waals surface area contributed by atoms with Crippen molar-refractivity contribution >= 4 is 17.7 Å². The van der Waals surface area contributed by atoms with Crippen LogP contribution in [0.1, 0.15) is 49.4 Å². The number of thioether (sulfide) groups is 1. The van der Waals surface area contributed by atoms with Crippen LogP contribution in [0.25, 0.3) is 11.5 Å². The van der Waals surface area contributed by atoms with E-state index in [1.807, 2.05) is 55.5 Å². The third-order valence-electron chi connectivity index (χ3n) is 4.90. The lowest BCUT2D eigenvalue weighted by Gasteiger charge is -2.20. The van der Waals surface area contributed by atoms with Gasteiger partial charge in [0.15, 0.2) is 0 Å². The Hall–Kier alpha value is -2.60. The number of amides is 1. The molecule has 0 fully saturated rings. The molecule has 0 aliphatic carbocycles. The van der Waals surface area contributed by atoms with Gasteiger partial charge in [-0.25, -0.2) is 0 Å². The number of aryl methyl sites for hydroxylation is 2. The van der Waals surface area contributed by atoms with Crippen molar-refractivity contribution in [3.8, 4) is 11.5 Å². The van der Waals surface area contributed by atoms with E-state index in [4.69, 9.17) is 4.42 Å². The van der Waals surface area contributed by atoms with Gasteiger partial charge in [0.1, 0.15) is 0 Å². The zero-order valence-corrected chi connectivity index (χ0v) is 18.1. The molecule has 0 saturated carbocycles. The average Bonchev–Trinajstić information content (AvgIpc) is 3.18. The Morgan fingerprint density at radius 3 is 2.55 bits per heavy atom. The lowest BCUT2D eigenvalue weighted by Crippen LogP contribution is -2.34. The van der Waals surface area contributed by atoms with Crippen LogP contribution < -0.4 is 5.32 Å². The van der Waals surface area contributed by atoms with Crippen molar-refractivity contribution in [3.63, 3.8) is 0 Å². The van der Waals surface area contributed by atoms with Crippen molar-refractivity contribution in [1.82, 2.24) is 15.5 Å². The highest BCUT2D eigenvalue weighted by atomic mass is 32.2. The summed E-state index contributed by atoms with van der Waals surface area (Å²) in [5, 5.41) is 11.5. The molecule has 3 rings (SSSR count). The molecule has 1 N–H and O–H groups in total. The van der Waals surface area contributed by atoms with E-state index in [9.17, 15) is 4.79 Å². The number of hydrogen-bond donors (Lipinski definition) is 1. The Balaban J connectivity index is 1.65. The molecule has 0 saturated heterocycles. The molecule has 0 radical (unpaired) electrons. The van der Waals surface area contributed by atoms with Gasteiger partial charge in [-0.2, -0.15) is 0 Å². The molecule has 29 heavy (non-hydrogen) atoms. The maximum absolute atomic E-state index is 12.7. The molecule has 0 unspecified atom stereocenters. The Morgan fingerprint density at radius 1 is 1.10 bits per heavy atom. The van der Waals surface area contributed by atoms with Gasteiger partial charge in [-0.3, -0.25) is 4.79 Å². The van der Waals surface area contributed by atoms with E-state index in [1.54, 1.807) is 0 Å². The van der Waals surface area contributed by atoms with E-state index in [-0.39, 0.29) is 17.2 Å². The quantitative estimate of drug-likeness (QED) is 0.498. The lowest BCUT2D eigenvalue weighted by atomic mass is 10.0. The molecule has 3 aromatic rings. The highest BCUT2D eigenvalue weighted by molar-refractivity contribution is 8.00. The molecule has 0 spiro atoms. The van der Waals surface area contributed by atoms with Crippen LogP contribution in [0.15, 0.2) is 58.2 Å². The van der Waals surface area contributed by atoms with Gasteiger partial charge in [-0.15, -0.1) is 10.2 Å². The zero-order valence-electron chi connectivity index (χ0n) is 17.3. The smallest absolute Gasteiger partial charge is 0.277 e. The van der Waals surface area contributed by atoms with Crippen LogP contribution in [0.4, 0.5) is 0 Å². The second-order valence-corrected chi connectivity index (χ2v) is 8.48. The summed E-state index contributed by atoms with van der Waals surface area (Å²) in [4.78, 5) is 12.7. The fourth-order valence-electron chi connectivity index (χ4n) is 3.04. The number of hydrogen-bond acceptors (Lipinski definition) is 5. The maximum atomic E-state index is 12.7. The molecular formula is C23H27N3O2S. The molecule has 1 aromatic heterocycles. The van der Waals surface area contributed by atoms with Gasteiger partial charge < -0.3 is 9.73 Å². The van der Waals surface area contributed by atoms with E-state index in [1.165, 1.54) is 22.9 Å². The Kier molecular flexibility index (Phi) is 7.09. The zero-order chi connectivity index (χ0) is 20.8. The third kappa shape index (κ3) is 5.48. The number of rotatable bonds is 8. The molecule has 5 nitrogen and oxygen atoms in total. The summed E-state index contributed by atoms with van der Waals surface area (Å²) in [5.74, 6) is 0.430. The van der Waals surface area contributed by atoms with E-state index >= 15 is 0 Å². The number of carbonyl (C=O) groups is 1. The number of nitrogens with one attached hydrogen (secondary N) is 1. The van der Waals surface area contributed by atoms with Gasteiger partial charge in [0.05, 0.1) is 11.3 Å². The van der Waals surface area contributed by atoms with Gasteiger partial charge in [0, 0.05) is 5.56 Å². The first-order chi connectivity index (χ1) is 14.0. The van der Waals surface area contributed by atoms with Gasteiger partial charge in [-0.1, -0.05) is 61.5 Å². The molecule has 0 aliphatic rings. The number of aromatic nitrogens is 2. The van der Waals surface area contributed by atoms with E-state index in [0.29, 0.717) is 11.1 Å². The minimum Gasteiger partial charge on any atom is -0.411 e. The number of carbonyl (C=O) groups excluding carboxylic acids is 1. The average molecular weight is 410 g/mol. The molecule has 2 atom stereocenters. The van der Waals surface area contributed by atoms with Crippen LogP contribution in [-0.2, 0) is 4.79 Å². The minimum atomic E-state index is -0.342. The third-order valence-corrected chi connectivity index (χ3v) is 5.84. The first kappa shape index (κ1) is 21.1. The van der Waals surface area contributed by atoms with E-state index < -0.39 is 0 Å². The summed E-state index contributed by atoms with van der Waals surface area (Å²) in [6, 6.07) is 16.1. The van der Waals surface area contributed by atoms with Crippen molar-refractivity contribution in [2.45, 2.75) is 57.1 Å². The first-order valence-corrected chi connectivity index (χ1v) is 10.8. The predicted octanol–water partition coefficient (Wildman–Crippen LogP) is 5.49. The normalized spacial score (nSPS) is 13.1. The summed E-state index contributed by atoms with van der Waals surface area (Å²) in [6.07, 6.45) is 1.88. The molecule has 6 heteroatoms. The minimum absolute atomic E-state index is 0.00512. The summed E-state index contributed by atoms with van der Waals surface area (Å²) >= 11 is 1.28. The summed E-state index contributed by atoms with van der Waals surface area (Å²) in [5.41, 5.74) is 4.39. The molecular weight excluding hydrogens is 382 g/mol. The van der Waals surface area contributed by atoms with Crippen molar-refractivity contribution in [1.29, 1.82) is 0 Å². The van der Waals surface area contributed by atoms with Crippen LogP contribution in [0.5, 0.6) is 0 Å². The van der Waals surface area contributed by atoms with Gasteiger partial charge in [0.25, 0.3) is 5.22 Å². The largest absolute Gasteiger partial charge is 0.411 e. The fraction of sp³-hybridized carbons (Fsp3) is 0.348. The lowest BCUT2D eigenvalue weighted by molar-refractivity contribution is -0.121. The van der Waals surface area contributed by atoms with Crippen molar-refractivity contribution in [2.24, 2.45) is 0 Å². The second-order valence-electron chi connectivity index (χ2n) is 7.19. The molecule has 2 aromatic carbocycles. The van der Waals surface area contributed by atoms with Crippen LogP contribution in [0.3, 0.4) is 0 Å². The van der Waals surface area contributed by atoms with Crippen molar-refractivity contribution in [2.75, 3.05) is 0 Å². The highest BCUT2D eigenvalue weighted by Gasteiger charge is 2.22. The number of benzene rings is 2. The molecule has 152 valence electrons. The van der Waals surface area contributed by atoms with E-state index in [0.717, 1.165) is 24.0 Å². The molecule has 0 bridgehead atoms. The highest BCUT2D eigenvalue weighted by Crippen LogP contribution is 2.28. The Labute approximate surface area is 176 Å². The van der Waals surface area contributed by atoms with E-state index in [2.05, 4.69) is 36.3 Å². The molecule has 0 aliphatic heterocycles. The van der Waals surface area contributed by atoms with Crippen molar-refractivity contribution < 1.29 is 9.21 Å². The second kappa shape index (κ2) is 9.74. The standard InChI is InChI=1S/C23H27N3O2S/c1-5-9-20(18-10-7-6-8-11-18)24-21(27)17(4)29-23-26-25-22(28-23)19-13-12-15(2)16(3)14-19/h6-8,10-14,17,20H,5,9H2,1-4H3,(H,24,27)/t17-,20+/m1/s1. The van der Waals surface area contributed by atoms with Crippen LogP contribution in [0, 0.1) is 13.8 Å². The SMILES string of the molecule is CCC[C@H](NC(=O)[C@@H](C)Sc1nnc(-c2ccc(C)c(C)c2)o1)c1ccccc1. The first-order valence-electron chi connectivity index (χ1n) is 9.91. The summed E-state index contributed by atoms with van der Waals surface area (Å²) in [7, 11) is 0. The predicted molar refractivity (Wildman–Crippen MR) is 117 cm³/mol. The van der Waals surface area contributed by atoms with Gasteiger partial charge >= 0.3 is 0 Å². The monoisotopic (exact) mass is 409 g/mol. The Morgan fingerprint density at radius 2 is 1.86 bits per heavy atom. The number of nitrogens with zero attached hydrogens (tertiary/aromatic N) is 2. The maximum Gasteiger partial charge on any atom is 0.277 e. The molecule has 1 heterocycles. The van der Waals surface area contributed by atoms with Crippen LogP contribution in [0.2, 0.25) is 0 Å². The summed E-state index contributed by atoms with van der Waals surface area (Å²) < 4.78 is 5.78. The fourth-order valence-corrected chi connectivity index (χ4v) is 3.73. The topological polar surface area (TPSA) is 68.0 Å². The Bertz CT molecular complexity index is 956. The summed E-state index contributed by atoms with van der Waals surface area (Å²) in [6.45, 7) is 8.09. The van der Waals surface area contributed by atoms with Crippen LogP contribution in [-0.4, -0.2) is 21.4 Å². The molecule has 1 amide bonds. The van der Waals surface area contributed by atoms with Gasteiger partial charge in [-0.05, 0) is 56.0 Å².